The minimum Gasteiger partial charge on any atom is -0.496 e. The second-order valence-electron chi connectivity index (χ2n) is 6.60. The number of benzene rings is 1. The van der Waals surface area contributed by atoms with Gasteiger partial charge in [-0.1, -0.05) is 43.9 Å². The Labute approximate surface area is 129 Å². The first kappa shape index (κ1) is 16.3. The minimum absolute atomic E-state index is 0.313. The third-order valence-corrected chi connectivity index (χ3v) is 4.84. The lowest BCUT2D eigenvalue weighted by atomic mass is 9.80. The molecule has 0 saturated heterocycles. The molecule has 1 saturated carbocycles. The zero-order valence-corrected chi connectivity index (χ0v) is 13.6. The van der Waals surface area contributed by atoms with Gasteiger partial charge in [0.1, 0.15) is 5.75 Å². The van der Waals surface area contributed by atoms with Crippen LogP contribution in [0.25, 0.3) is 0 Å². The van der Waals surface area contributed by atoms with Gasteiger partial charge in [-0.15, -0.1) is 0 Å². The summed E-state index contributed by atoms with van der Waals surface area (Å²) in [6.07, 6.45) is 7.97. The average Bonchev–Trinajstić information content (AvgIpc) is 2.74. The second-order valence-corrected chi connectivity index (χ2v) is 6.60. The molecule has 0 amide bonds. The van der Waals surface area contributed by atoms with Crippen molar-refractivity contribution < 1.29 is 4.74 Å². The lowest BCUT2D eigenvalue weighted by molar-refractivity contribution is 0.152. The van der Waals surface area contributed by atoms with Crippen molar-refractivity contribution in [2.24, 2.45) is 11.1 Å². The molecular formula is C18H30N2O. The van der Waals surface area contributed by atoms with Gasteiger partial charge in [-0.2, -0.15) is 0 Å². The summed E-state index contributed by atoms with van der Waals surface area (Å²) >= 11 is 0. The number of nitrogens with zero attached hydrogens (tertiary/aromatic N) is 1. The van der Waals surface area contributed by atoms with E-state index in [0.29, 0.717) is 5.41 Å². The molecule has 1 fully saturated rings. The first-order chi connectivity index (χ1) is 10.2. The Morgan fingerprint density at radius 3 is 2.43 bits per heavy atom. The van der Waals surface area contributed by atoms with Gasteiger partial charge in [0, 0.05) is 18.7 Å². The van der Waals surface area contributed by atoms with Crippen LogP contribution in [0.5, 0.6) is 5.75 Å². The van der Waals surface area contributed by atoms with E-state index in [4.69, 9.17) is 10.5 Å². The van der Waals surface area contributed by atoms with Crippen molar-refractivity contribution in [3.05, 3.63) is 29.8 Å². The van der Waals surface area contributed by atoms with Crippen LogP contribution in [-0.2, 0) is 6.54 Å². The minimum atomic E-state index is 0.313. The zero-order chi connectivity index (χ0) is 15.1. The van der Waals surface area contributed by atoms with Crippen molar-refractivity contribution in [1.29, 1.82) is 0 Å². The third-order valence-electron chi connectivity index (χ3n) is 4.84. The molecule has 21 heavy (non-hydrogen) atoms. The highest BCUT2D eigenvalue weighted by molar-refractivity contribution is 5.33. The number of ether oxygens (including phenoxy) is 1. The third kappa shape index (κ3) is 4.45. The van der Waals surface area contributed by atoms with E-state index in [1.54, 1.807) is 7.11 Å². The summed E-state index contributed by atoms with van der Waals surface area (Å²) in [6, 6.07) is 8.29. The van der Waals surface area contributed by atoms with Gasteiger partial charge in [0.15, 0.2) is 0 Å². The monoisotopic (exact) mass is 290 g/mol. The molecule has 1 aliphatic carbocycles. The van der Waals surface area contributed by atoms with Crippen molar-refractivity contribution in [2.75, 3.05) is 27.2 Å². The van der Waals surface area contributed by atoms with E-state index >= 15 is 0 Å². The topological polar surface area (TPSA) is 38.5 Å². The van der Waals surface area contributed by atoms with E-state index in [1.165, 1.54) is 44.1 Å². The van der Waals surface area contributed by atoms with Crippen molar-refractivity contribution in [1.82, 2.24) is 4.90 Å². The quantitative estimate of drug-likeness (QED) is 0.816. The first-order valence-corrected chi connectivity index (χ1v) is 8.20. The molecule has 2 N–H and O–H groups in total. The summed E-state index contributed by atoms with van der Waals surface area (Å²) < 4.78 is 5.46. The van der Waals surface area contributed by atoms with Gasteiger partial charge in [-0.25, -0.2) is 0 Å². The van der Waals surface area contributed by atoms with E-state index in [0.717, 1.165) is 25.4 Å². The fourth-order valence-electron chi connectivity index (χ4n) is 3.66. The molecule has 0 bridgehead atoms. The molecule has 3 nitrogen and oxygen atoms in total. The fraction of sp³-hybridized carbons (Fsp3) is 0.667. The molecule has 0 aliphatic heterocycles. The number of para-hydroxylation sites is 1. The number of rotatable bonds is 6. The maximum Gasteiger partial charge on any atom is 0.123 e. The zero-order valence-electron chi connectivity index (χ0n) is 13.6. The molecule has 1 aliphatic rings. The lowest BCUT2D eigenvalue weighted by Crippen LogP contribution is -2.40. The van der Waals surface area contributed by atoms with Crippen molar-refractivity contribution in [2.45, 2.75) is 45.1 Å². The Balaban J connectivity index is 2.00. The van der Waals surface area contributed by atoms with Crippen LogP contribution in [0.15, 0.2) is 24.3 Å². The maximum absolute atomic E-state index is 6.15. The molecule has 0 radical (unpaired) electrons. The Kier molecular flexibility index (Phi) is 6.07. The highest BCUT2D eigenvalue weighted by Gasteiger charge is 2.30. The van der Waals surface area contributed by atoms with E-state index < -0.39 is 0 Å². The van der Waals surface area contributed by atoms with Crippen LogP contribution < -0.4 is 10.5 Å². The Hall–Kier alpha value is -1.06. The molecule has 118 valence electrons. The lowest BCUT2D eigenvalue weighted by Gasteiger charge is -2.35. The van der Waals surface area contributed by atoms with E-state index in [1.807, 2.05) is 12.1 Å². The molecule has 1 aromatic carbocycles. The summed E-state index contributed by atoms with van der Waals surface area (Å²) in [5.41, 5.74) is 7.72. The van der Waals surface area contributed by atoms with Gasteiger partial charge in [0.25, 0.3) is 0 Å². The highest BCUT2D eigenvalue weighted by Crippen LogP contribution is 2.35. The van der Waals surface area contributed by atoms with Crippen LogP contribution in [0.3, 0.4) is 0 Å². The molecule has 0 spiro atoms. The summed E-state index contributed by atoms with van der Waals surface area (Å²) in [5, 5.41) is 0. The van der Waals surface area contributed by atoms with Crippen molar-refractivity contribution >= 4 is 0 Å². The standard InChI is InChI=1S/C18H30N2O/c1-20(13-16-9-5-6-10-17(16)21-2)15-18(14-19)11-7-3-4-8-12-18/h5-6,9-10H,3-4,7-8,11-15,19H2,1-2H3. The molecule has 3 heteroatoms. The molecule has 0 unspecified atom stereocenters. The molecule has 1 aromatic rings. The summed E-state index contributed by atoms with van der Waals surface area (Å²) in [6.45, 7) is 2.82. The SMILES string of the molecule is COc1ccccc1CN(C)CC1(CN)CCCCCC1. The molecular weight excluding hydrogens is 260 g/mol. The van der Waals surface area contributed by atoms with Crippen LogP contribution in [0, 0.1) is 5.41 Å². The van der Waals surface area contributed by atoms with E-state index in [-0.39, 0.29) is 0 Å². The van der Waals surface area contributed by atoms with E-state index in [9.17, 15) is 0 Å². The first-order valence-electron chi connectivity index (χ1n) is 8.20. The summed E-state index contributed by atoms with van der Waals surface area (Å²) in [4.78, 5) is 2.41. The van der Waals surface area contributed by atoms with Gasteiger partial charge in [-0.3, -0.25) is 0 Å². The van der Waals surface area contributed by atoms with Crippen LogP contribution in [0.1, 0.15) is 44.1 Å². The summed E-state index contributed by atoms with van der Waals surface area (Å²) in [5.74, 6) is 0.979. The highest BCUT2D eigenvalue weighted by atomic mass is 16.5. The van der Waals surface area contributed by atoms with Crippen LogP contribution in [-0.4, -0.2) is 32.1 Å². The molecule has 0 heterocycles. The van der Waals surface area contributed by atoms with Gasteiger partial charge in [0.05, 0.1) is 7.11 Å². The number of hydrogen-bond acceptors (Lipinski definition) is 3. The molecule has 2 rings (SSSR count). The fourth-order valence-corrected chi connectivity index (χ4v) is 3.66. The Bertz CT molecular complexity index is 425. The van der Waals surface area contributed by atoms with Crippen molar-refractivity contribution in [3.63, 3.8) is 0 Å². The van der Waals surface area contributed by atoms with Gasteiger partial charge in [-0.05, 0) is 37.9 Å². The van der Waals surface area contributed by atoms with Crippen LogP contribution in [0.4, 0.5) is 0 Å². The second kappa shape index (κ2) is 7.81. The predicted molar refractivity (Wildman–Crippen MR) is 88.5 cm³/mol. The normalized spacial score (nSPS) is 18.5. The summed E-state index contributed by atoms with van der Waals surface area (Å²) in [7, 11) is 3.94. The molecule has 0 atom stereocenters. The maximum atomic E-state index is 6.15. The Morgan fingerprint density at radius 2 is 1.81 bits per heavy atom. The largest absolute Gasteiger partial charge is 0.496 e. The predicted octanol–water partition coefficient (Wildman–Crippen LogP) is 3.43. The Morgan fingerprint density at radius 1 is 1.14 bits per heavy atom. The number of hydrogen-bond donors (Lipinski definition) is 1. The number of methoxy groups -OCH3 is 1. The van der Waals surface area contributed by atoms with Crippen LogP contribution >= 0.6 is 0 Å². The molecule has 0 aromatic heterocycles. The van der Waals surface area contributed by atoms with Crippen molar-refractivity contribution in [3.8, 4) is 5.75 Å². The van der Waals surface area contributed by atoms with Crippen LogP contribution in [0.2, 0.25) is 0 Å². The smallest absolute Gasteiger partial charge is 0.123 e. The van der Waals surface area contributed by atoms with Gasteiger partial charge >= 0.3 is 0 Å². The average molecular weight is 290 g/mol. The van der Waals surface area contributed by atoms with Gasteiger partial charge in [0.2, 0.25) is 0 Å². The van der Waals surface area contributed by atoms with E-state index in [2.05, 4.69) is 24.1 Å². The number of nitrogens with two attached hydrogens (primary N) is 1. The van der Waals surface area contributed by atoms with Gasteiger partial charge < -0.3 is 15.4 Å².